The van der Waals surface area contributed by atoms with E-state index in [0.29, 0.717) is 12.4 Å². The second-order valence-electron chi connectivity index (χ2n) is 5.34. The number of alkyl halides is 1. The number of anilines is 1. The summed E-state index contributed by atoms with van der Waals surface area (Å²) < 4.78 is 1.68. The van der Waals surface area contributed by atoms with Gasteiger partial charge in [0.15, 0.2) is 5.82 Å². The third-order valence-corrected chi connectivity index (χ3v) is 3.28. The standard InChI is InChI=1S/C13H22ClN3O/c1-5-10(14)6-7-15-11-12(18)17(9-8-16-11)13(2,3)4/h8-10H,5-7H2,1-4H3,(H,15,16). The summed E-state index contributed by atoms with van der Waals surface area (Å²) in [5, 5.41) is 3.21. The summed E-state index contributed by atoms with van der Waals surface area (Å²) in [6, 6.07) is 0. The van der Waals surface area contributed by atoms with Gasteiger partial charge < -0.3 is 9.88 Å². The molecule has 0 saturated heterocycles. The van der Waals surface area contributed by atoms with Crippen molar-refractivity contribution in [1.82, 2.24) is 9.55 Å². The zero-order chi connectivity index (χ0) is 13.8. The van der Waals surface area contributed by atoms with E-state index in [-0.39, 0.29) is 16.5 Å². The van der Waals surface area contributed by atoms with E-state index in [1.807, 2.05) is 27.7 Å². The number of rotatable bonds is 5. The lowest BCUT2D eigenvalue weighted by Gasteiger charge is -2.22. The van der Waals surface area contributed by atoms with Gasteiger partial charge >= 0.3 is 0 Å². The van der Waals surface area contributed by atoms with Gasteiger partial charge in [0.25, 0.3) is 5.56 Å². The molecule has 1 rings (SSSR count). The van der Waals surface area contributed by atoms with Crippen molar-refractivity contribution < 1.29 is 0 Å². The number of halogens is 1. The van der Waals surface area contributed by atoms with E-state index in [9.17, 15) is 4.79 Å². The molecule has 102 valence electrons. The fourth-order valence-electron chi connectivity index (χ4n) is 1.61. The molecule has 0 fully saturated rings. The fourth-order valence-corrected chi connectivity index (χ4v) is 1.72. The van der Waals surface area contributed by atoms with E-state index in [1.54, 1.807) is 17.0 Å². The van der Waals surface area contributed by atoms with E-state index in [4.69, 9.17) is 11.6 Å². The summed E-state index contributed by atoms with van der Waals surface area (Å²) in [4.78, 5) is 16.3. The van der Waals surface area contributed by atoms with Gasteiger partial charge in [0.2, 0.25) is 0 Å². The number of nitrogens with zero attached hydrogens (tertiary/aromatic N) is 2. The molecule has 0 radical (unpaired) electrons. The molecule has 1 aromatic heterocycles. The minimum absolute atomic E-state index is 0.0902. The van der Waals surface area contributed by atoms with Crippen LogP contribution in [0.4, 0.5) is 5.82 Å². The summed E-state index contributed by atoms with van der Waals surface area (Å²) in [6.45, 7) is 8.68. The predicted octanol–water partition coefficient (Wildman–Crippen LogP) is 2.82. The molecule has 0 spiro atoms. The van der Waals surface area contributed by atoms with Crippen molar-refractivity contribution >= 4 is 17.4 Å². The third kappa shape index (κ3) is 4.02. The second kappa shape index (κ2) is 6.23. The summed E-state index contributed by atoms with van der Waals surface area (Å²) in [7, 11) is 0. The van der Waals surface area contributed by atoms with Gasteiger partial charge in [0, 0.05) is 29.9 Å². The van der Waals surface area contributed by atoms with Crippen LogP contribution >= 0.6 is 11.6 Å². The molecule has 1 heterocycles. The minimum Gasteiger partial charge on any atom is -0.365 e. The lowest BCUT2D eigenvalue weighted by molar-refractivity contribution is 0.383. The second-order valence-corrected chi connectivity index (χ2v) is 5.96. The Morgan fingerprint density at radius 3 is 2.72 bits per heavy atom. The van der Waals surface area contributed by atoms with E-state index in [0.717, 1.165) is 12.8 Å². The summed E-state index contributed by atoms with van der Waals surface area (Å²) in [5.41, 5.74) is -0.331. The van der Waals surface area contributed by atoms with Crippen LogP contribution in [0.3, 0.4) is 0 Å². The highest BCUT2D eigenvalue weighted by Crippen LogP contribution is 2.11. The highest BCUT2D eigenvalue weighted by atomic mass is 35.5. The maximum atomic E-state index is 12.2. The van der Waals surface area contributed by atoms with Gasteiger partial charge in [-0.05, 0) is 33.6 Å². The molecule has 1 aromatic rings. The highest BCUT2D eigenvalue weighted by molar-refractivity contribution is 6.20. The quantitative estimate of drug-likeness (QED) is 0.838. The highest BCUT2D eigenvalue weighted by Gasteiger charge is 2.16. The first kappa shape index (κ1) is 15.0. The van der Waals surface area contributed by atoms with Crippen LogP contribution in [0.1, 0.15) is 40.5 Å². The zero-order valence-electron chi connectivity index (χ0n) is 11.5. The average molecular weight is 272 g/mol. The maximum absolute atomic E-state index is 12.2. The molecule has 0 aliphatic carbocycles. The largest absolute Gasteiger partial charge is 0.365 e. The minimum atomic E-state index is -0.241. The van der Waals surface area contributed by atoms with Crippen molar-refractivity contribution in [2.75, 3.05) is 11.9 Å². The molecule has 0 aliphatic heterocycles. The molecule has 1 unspecified atom stereocenters. The molecule has 0 saturated carbocycles. The van der Waals surface area contributed by atoms with Crippen LogP contribution in [-0.4, -0.2) is 21.5 Å². The van der Waals surface area contributed by atoms with Gasteiger partial charge in [-0.1, -0.05) is 6.92 Å². The van der Waals surface area contributed by atoms with Gasteiger partial charge in [-0.25, -0.2) is 4.98 Å². The SMILES string of the molecule is CCC(Cl)CCNc1nccn(C(C)(C)C)c1=O. The van der Waals surface area contributed by atoms with Gasteiger partial charge in [-0.3, -0.25) is 4.79 Å². The number of hydrogen-bond acceptors (Lipinski definition) is 3. The first-order valence-electron chi connectivity index (χ1n) is 6.32. The molecule has 4 nitrogen and oxygen atoms in total. The Morgan fingerprint density at radius 2 is 2.17 bits per heavy atom. The summed E-state index contributed by atoms with van der Waals surface area (Å²) >= 11 is 6.03. The first-order chi connectivity index (χ1) is 8.36. The molecule has 0 bridgehead atoms. The molecule has 5 heteroatoms. The van der Waals surface area contributed by atoms with E-state index in [1.165, 1.54) is 0 Å². The Labute approximate surface area is 113 Å². The van der Waals surface area contributed by atoms with Crippen LogP contribution in [0.15, 0.2) is 17.2 Å². The predicted molar refractivity (Wildman–Crippen MR) is 76.5 cm³/mol. The molecular weight excluding hydrogens is 250 g/mol. The number of nitrogens with one attached hydrogen (secondary N) is 1. The van der Waals surface area contributed by atoms with Crippen molar-refractivity contribution in [1.29, 1.82) is 0 Å². The van der Waals surface area contributed by atoms with Crippen molar-refractivity contribution in [3.8, 4) is 0 Å². The molecule has 0 amide bonds. The third-order valence-electron chi connectivity index (χ3n) is 2.76. The van der Waals surface area contributed by atoms with Crippen LogP contribution in [0, 0.1) is 0 Å². The fraction of sp³-hybridized carbons (Fsp3) is 0.692. The summed E-state index contributed by atoms with van der Waals surface area (Å²) in [5.74, 6) is 0.396. The zero-order valence-corrected chi connectivity index (χ0v) is 12.3. The van der Waals surface area contributed by atoms with Crippen molar-refractivity contribution in [3.63, 3.8) is 0 Å². The molecular formula is C13H22ClN3O. The van der Waals surface area contributed by atoms with E-state index < -0.39 is 0 Å². The van der Waals surface area contributed by atoms with Crippen molar-refractivity contribution in [2.45, 2.75) is 51.5 Å². The van der Waals surface area contributed by atoms with Gasteiger partial charge in [-0.2, -0.15) is 0 Å². The molecule has 1 atom stereocenters. The Balaban J connectivity index is 2.76. The van der Waals surface area contributed by atoms with Gasteiger partial charge in [-0.15, -0.1) is 11.6 Å². The van der Waals surface area contributed by atoms with Crippen molar-refractivity contribution in [2.24, 2.45) is 0 Å². The molecule has 0 aliphatic rings. The molecule has 0 aromatic carbocycles. The average Bonchev–Trinajstić information content (AvgIpc) is 2.29. The van der Waals surface area contributed by atoms with Gasteiger partial charge in [0.05, 0.1) is 0 Å². The Hall–Kier alpha value is -1.03. The summed E-state index contributed by atoms with van der Waals surface area (Å²) in [6.07, 6.45) is 5.11. The van der Waals surface area contributed by atoms with Crippen LogP contribution in [0.25, 0.3) is 0 Å². The molecule has 18 heavy (non-hydrogen) atoms. The van der Waals surface area contributed by atoms with Gasteiger partial charge in [0.1, 0.15) is 0 Å². The Bertz CT molecular complexity index is 437. The Kier molecular flexibility index (Phi) is 5.20. The number of aromatic nitrogens is 2. The first-order valence-corrected chi connectivity index (χ1v) is 6.76. The van der Waals surface area contributed by atoms with E-state index in [2.05, 4.69) is 10.3 Å². The van der Waals surface area contributed by atoms with Crippen LogP contribution in [0.2, 0.25) is 0 Å². The lowest BCUT2D eigenvalue weighted by Crippen LogP contribution is -2.35. The molecule has 1 N–H and O–H groups in total. The smallest absolute Gasteiger partial charge is 0.293 e. The van der Waals surface area contributed by atoms with Crippen LogP contribution < -0.4 is 10.9 Å². The Morgan fingerprint density at radius 1 is 1.50 bits per heavy atom. The number of hydrogen-bond donors (Lipinski definition) is 1. The monoisotopic (exact) mass is 271 g/mol. The van der Waals surface area contributed by atoms with E-state index >= 15 is 0 Å². The van der Waals surface area contributed by atoms with Crippen LogP contribution in [-0.2, 0) is 5.54 Å². The van der Waals surface area contributed by atoms with Crippen molar-refractivity contribution in [3.05, 3.63) is 22.7 Å². The normalized spacial score (nSPS) is 13.4. The maximum Gasteiger partial charge on any atom is 0.293 e. The topological polar surface area (TPSA) is 46.9 Å². The van der Waals surface area contributed by atoms with Crippen LogP contribution in [0.5, 0.6) is 0 Å². The lowest BCUT2D eigenvalue weighted by atomic mass is 10.1.